The van der Waals surface area contributed by atoms with Crippen LogP contribution < -0.4 is 4.90 Å². The minimum Gasteiger partial charge on any atom is -0.478 e. The van der Waals surface area contributed by atoms with Gasteiger partial charge in [0.2, 0.25) is 0 Å². The van der Waals surface area contributed by atoms with E-state index in [4.69, 9.17) is 11.6 Å². The van der Waals surface area contributed by atoms with Gasteiger partial charge < -0.3 is 10.0 Å². The number of para-hydroxylation sites is 1. The van der Waals surface area contributed by atoms with Crippen LogP contribution in [0.3, 0.4) is 0 Å². The second-order valence-corrected chi connectivity index (χ2v) is 6.04. The molecular formula is C15H22ClNO2. The SMILES string of the molecule is CC(C)CN(CC(C)C)c1c(Cl)cccc1C(=O)O. The first kappa shape index (κ1) is 15.8. The minimum atomic E-state index is -0.935. The van der Waals surface area contributed by atoms with Crippen molar-refractivity contribution in [3.63, 3.8) is 0 Å². The Balaban J connectivity index is 3.23. The lowest BCUT2D eigenvalue weighted by Gasteiger charge is -2.30. The molecule has 0 aliphatic heterocycles. The number of aromatic carboxylic acids is 1. The first-order valence-corrected chi connectivity index (χ1v) is 6.97. The average molecular weight is 284 g/mol. The lowest BCUT2D eigenvalue weighted by molar-refractivity contribution is 0.0697. The summed E-state index contributed by atoms with van der Waals surface area (Å²) in [7, 11) is 0. The maximum absolute atomic E-state index is 11.4. The van der Waals surface area contributed by atoms with Gasteiger partial charge in [-0.15, -0.1) is 0 Å². The molecule has 0 aliphatic carbocycles. The molecule has 4 heteroatoms. The van der Waals surface area contributed by atoms with Gasteiger partial charge in [-0.2, -0.15) is 0 Å². The van der Waals surface area contributed by atoms with Crippen molar-refractivity contribution in [2.24, 2.45) is 11.8 Å². The van der Waals surface area contributed by atoms with E-state index in [1.165, 1.54) is 0 Å². The van der Waals surface area contributed by atoms with Crippen molar-refractivity contribution in [2.45, 2.75) is 27.7 Å². The van der Waals surface area contributed by atoms with E-state index in [2.05, 4.69) is 32.6 Å². The van der Waals surface area contributed by atoms with Gasteiger partial charge in [0.1, 0.15) is 0 Å². The van der Waals surface area contributed by atoms with E-state index in [9.17, 15) is 9.90 Å². The van der Waals surface area contributed by atoms with Crippen LogP contribution in [-0.2, 0) is 0 Å². The number of anilines is 1. The van der Waals surface area contributed by atoms with E-state index in [0.29, 0.717) is 22.5 Å². The van der Waals surface area contributed by atoms with Gasteiger partial charge in [0.05, 0.1) is 16.3 Å². The third-order valence-electron chi connectivity index (χ3n) is 2.70. The van der Waals surface area contributed by atoms with Crippen LogP contribution in [0.4, 0.5) is 5.69 Å². The maximum Gasteiger partial charge on any atom is 0.337 e. The average Bonchev–Trinajstić information content (AvgIpc) is 2.26. The zero-order valence-electron chi connectivity index (χ0n) is 12.0. The van der Waals surface area contributed by atoms with Gasteiger partial charge in [0, 0.05) is 13.1 Å². The van der Waals surface area contributed by atoms with Crippen LogP contribution in [0.15, 0.2) is 18.2 Å². The molecule has 0 fully saturated rings. The number of nitrogens with zero attached hydrogens (tertiary/aromatic N) is 1. The Kier molecular flexibility index (Phi) is 5.67. The molecule has 0 aliphatic rings. The summed E-state index contributed by atoms with van der Waals surface area (Å²) in [6.45, 7) is 10.1. The molecule has 0 unspecified atom stereocenters. The molecule has 0 amide bonds. The molecule has 1 aromatic rings. The van der Waals surface area contributed by atoms with Gasteiger partial charge in [-0.1, -0.05) is 45.4 Å². The summed E-state index contributed by atoms with van der Waals surface area (Å²) in [4.78, 5) is 13.4. The Morgan fingerprint density at radius 3 is 2.16 bits per heavy atom. The van der Waals surface area contributed by atoms with Crippen molar-refractivity contribution in [3.05, 3.63) is 28.8 Å². The van der Waals surface area contributed by atoms with Crippen LogP contribution in [0.25, 0.3) is 0 Å². The van der Waals surface area contributed by atoms with Crippen LogP contribution in [0.5, 0.6) is 0 Å². The minimum absolute atomic E-state index is 0.272. The topological polar surface area (TPSA) is 40.5 Å². The molecule has 0 saturated heterocycles. The lowest BCUT2D eigenvalue weighted by Crippen LogP contribution is -2.32. The van der Waals surface area contributed by atoms with E-state index >= 15 is 0 Å². The van der Waals surface area contributed by atoms with E-state index < -0.39 is 5.97 Å². The molecule has 0 atom stereocenters. The van der Waals surface area contributed by atoms with E-state index in [0.717, 1.165) is 13.1 Å². The Morgan fingerprint density at radius 1 is 1.21 bits per heavy atom. The Morgan fingerprint density at radius 2 is 1.74 bits per heavy atom. The van der Waals surface area contributed by atoms with E-state index in [1.807, 2.05) is 0 Å². The van der Waals surface area contributed by atoms with Crippen LogP contribution in [0.2, 0.25) is 5.02 Å². The number of carbonyl (C=O) groups is 1. The molecule has 19 heavy (non-hydrogen) atoms. The van der Waals surface area contributed by atoms with Crippen molar-refractivity contribution in [2.75, 3.05) is 18.0 Å². The molecular weight excluding hydrogens is 262 g/mol. The number of halogens is 1. The van der Waals surface area contributed by atoms with Gasteiger partial charge in [0.25, 0.3) is 0 Å². The summed E-state index contributed by atoms with van der Waals surface area (Å²) in [5.74, 6) is -0.0525. The van der Waals surface area contributed by atoms with Gasteiger partial charge in [0.15, 0.2) is 0 Å². The van der Waals surface area contributed by atoms with Crippen molar-refractivity contribution in [1.29, 1.82) is 0 Å². The second kappa shape index (κ2) is 6.80. The van der Waals surface area contributed by atoms with Crippen molar-refractivity contribution < 1.29 is 9.90 Å². The monoisotopic (exact) mass is 283 g/mol. The summed E-state index contributed by atoms with van der Waals surface area (Å²) < 4.78 is 0. The molecule has 0 bridgehead atoms. The zero-order chi connectivity index (χ0) is 14.6. The predicted octanol–water partition coefficient (Wildman–Crippen LogP) is 4.16. The fraction of sp³-hybridized carbons (Fsp3) is 0.533. The molecule has 0 spiro atoms. The fourth-order valence-electron chi connectivity index (χ4n) is 2.15. The summed E-state index contributed by atoms with van der Waals surface area (Å²) in [5, 5.41) is 9.82. The Hall–Kier alpha value is -1.22. The van der Waals surface area contributed by atoms with Crippen LogP contribution in [-0.4, -0.2) is 24.2 Å². The largest absolute Gasteiger partial charge is 0.478 e. The van der Waals surface area contributed by atoms with Crippen LogP contribution >= 0.6 is 11.6 Å². The summed E-state index contributed by atoms with van der Waals surface area (Å²) >= 11 is 6.23. The third-order valence-corrected chi connectivity index (χ3v) is 3.01. The summed E-state index contributed by atoms with van der Waals surface area (Å²) in [6, 6.07) is 5.03. The number of carboxylic acids is 1. The summed E-state index contributed by atoms with van der Waals surface area (Å²) in [6.07, 6.45) is 0. The van der Waals surface area contributed by atoms with Crippen molar-refractivity contribution >= 4 is 23.3 Å². The second-order valence-electron chi connectivity index (χ2n) is 5.63. The summed E-state index contributed by atoms with van der Waals surface area (Å²) in [5.41, 5.74) is 0.910. The number of benzene rings is 1. The lowest BCUT2D eigenvalue weighted by atomic mass is 10.1. The highest BCUT2D eigenvalue weighted by atomic mass is 35.5. The first-order valence-electron chi connectivity index (χ1n) is 6.59. The quantitative estimate of drug-likeness (QED) is 0.852. The maximum atomic E-state index is 11.4. The highest BCUT2D eigenvalue weighted by molar-refractivity contribution is 6.34. The number of rotatable bonds is 6. The molecule has 0 saturated carbocycles. The fourth-order valence-corrected chi connectivity index (χ4v) is 2.44. The normalized spacial score (nSPS) is 11.1. The molecule has 0 heterocycles. The van der Waals surface area contributed by atoms with Gasteiger partial charge in [-0.25, -0.2) is 4.79 Å². The van der Waals surface area contributed by atoms with Gasteiger partial charge in [-0.05, 0) is 24.0 Å². The van der Waals surface area contributed by atoms with Gasteiger partial charge >= 0.3 is 5.97 Å². The highest BCUT2D eigenvalue weighted by Gasteiger charge is 2.20. The molecule has 3 nitrogen and oxygen atoms in total. The molecule has 0 radical (unpaired) electrons. The molecule has 1 N–H and O–H groups in total. The third kappa shape index (κ3) is 4.43. The van der Waals surface area contributed by atoms with Crippen molar-refractivity contribution in [3.8, 4) is 0 Å². The Labute approximate surface area is 120 Å². The predicted molar refractivity (Wildman–Crippen MR) is 80.3 cm³/mol. The molecule has 1 aromatic carbocycles. The highest BCUT2D eigenvalue weighted by Crippen LogP contribution is 2.31. The molecule has 0 aromatic heterocycles. The van der Waals surface area contributed by atoms with Crippen molar-refractivity contribution in [1.82, 2.24) is 0 Å². The molecule has 106 valence electrons. The van der Waals surface area contributed by atoms with Crippen LogP contribution in [0.1, 0.15) is 38.1 Å². The smallest absolute Gasteiger partial charge is 0.337 e. The van der Waals surface area contributed by atoms with Gasteiger partial charge in [-0.3, -0.25) is 0 Å². The van der Waals surface area contributed by atoms with E-state index in [-0.39, 0.29) is 5.56 Å². The van der Waals surface area contributed by atoms with Crippen LogP contribution in [0, 0.1) is 11.8 Å². The van der Waals surface area contributed by atoms with E-state index in [1.54, 1.807) is 18.2 Å². The number of hydrogen-bond donors (Lipinski definition) is 1. The zero-order valence-corrected chi connectivity index (χ0v) is 12.7. The first-order chi connectivity index (χ1) is 8.82. The number of carboxylic acid groups (broad SMARTS) is 1. The standard InChI is InChI=1S/C15H22ClNO2/c1-10(2)8-17(9-11(3)4)14-12(15(18)19)6-5-7-13(14)16/h5-7,10-11H,8-9H2,1-4H3,(H,18,19). The number of hydrogen-bond acceptors (Lipinski definition) is 2. The molecule has 1 rings (SSSR count). The Bertz CT molecular complexity index is 434.